The second-order valence-electron chi connectivity index (χ2n) is 7.54. The quantitative estimate of drug-likeness (QED) is 0.783. The van der Waals surface area contributed by atoms with Crippen LogP contribution in [0.2, 0.25) is 0 Å². The van der Waals surface area contributed by atoms with Gasteiger partial charge in [0.1, 0.15) is 0 Å². The van der Waals surface area contributed by atoms with E-state index in [4.69, 9.17) is 5.73 Å². The smallest absolute Gasteiger partial charge is 0.0331 e. The van der Waals surface area contributed by atoms with Gasteiger partial charge in [-0.05, 0) is 63.5 Å². The lowest BCUT2D eigenvalue weighted by Gasteiger charge is -2.43. The Morgan fingerprint density at radius 2 is 1.90 bits per heavy atom. The average Bonchev–Trinajstić information content (AvgIpc) is 2.79. The first-order valence-electron chi connectivity index (χ1n) is 9.15. The zero-order chi connectivity index (χ0) is 14.4. The summed E-state index contributed by atoms with van der Waals surface area (Å²) in [5, 5.41) is 0. The van der Waals surface area contributed by atoms with E-state index in [0.717, 1.165) is 18.4 Å². The van der Waals surface area contributed by atoms with Crippen LogP contribution in [0.5, 0.6) is 0 Å². The second-order valence-corrected chi connectivity index (χ2v) is 7.54. The highest BCUT2D eigenvalue weighted by atomic mass is 15.2. The van der Waals surface area contributed by atoms with Gasteiger partial charge in [0.15, 0.2) is 0 Å². The molecule has 1 aliphatic carbocycles. The summed E-state index contributed by atoms with van der Waals surface area (Å²) in [6, 6.07) is 0. The maximum atomic E-state index is 6.29. The van der Waals surface area contributed by atoms with E-state index in [-0.39, 0.29) is 0 Å². The van der Waals surface area contributed by atoms with Crippen LogP contribution < -0.4 is 5.73 Å². The summed E-state index contributed by atoms with van der Waals surface area (Å²) in [6.45, 7) is 8.23. The van der Waals surface area contributed by atoms with Gasteiger partial charge in [-0.25, -0.2) is 0 Å². The minimum atomic E-state index is 0.339. The van der Waals surface area contributed by atoms with Crippen LogP contribution in [0, 0.1) is 11.8 Å². The van der Waals surface area contributed by atoms with Crippen LogP contribution in [0.3, 0.4) is 0 Å². The van der Waals surface area contributed by atoms with Gasteiger partial charge in [-0.2, -0.15) is 0 Å². The highest BCUT2D eigenvalue weighted by Gasteiger charge is 2.37. The van der Waals surface area contributed by atoms with Crippen molar-refractivity contribution in [1.29, 1.82) is 0 Å². The van der Waals surface area contributed by atoms with Crippen molar-refractivity contribution >= 4 is 0 Å². The van der Waals surface area contributed by atoms with Crippen molar-refractivity contribution in [3.63, 3.8) is 0 Å². The molecule has 1 heterocycles. The molecule has 0 aromatic carbocycles. The maximum Gasteiger partial charge on any atom is 0.0331 e. The van der Waals surface area contributed by atoms with Gasteiger partial charge < -0.3 is 5.73 Å². The Morgan fingerprint density at radius 1 is 1.05 bits per heavy atom. The number of rotatable bonds is 4. The molecule has 1 aliphatic heterocycles. The Morgan fingerprint density at radius 3 is 2.65 bits per heavy atom. The van der Waals surface area contributed by atoms with Crippen molar-refractivity contribution in [3.05, 3.63) is 0 Å². The van der Waals surface area contributed by atoms with Crippen LogP contribution >= 0.6 is 0 Å². The van der Waals surface area contributed by atoms with Gasteiger partial charge in [-0.1, -0.05) is 39.5 Å². The van der Waals surface area contributed by atoms with E-state index >= 15 is 0 Å². The second kappa shape index (κ2) is 7.79. The van der Waals surface area contributed by atoms with Gasteiger partial charge in [0, 0.05) is 12.1 Å². The van der Waals surface area contributed by atoms with E-state index in [1.807, 2.05) is 0 Å². The van der Waals surface area contributed by atoms with Gasteiger partial charge in [0.25, 0.3) is 0 Å². The van der Waals surface area contributed by atoms with E-state index in [1.54, 1.807) is 0 Å². The third-order valence-electron chi connectivity index (χ3n) is 6.04. The minimum Gasteiger partial charge on any atom is -0.329 e. The minimum absolute atomic E-state index is 0.339. The molecule has 0 amide bonds. The van der Waals surface area contributed by atoms with Crippen molar-refractivity contribution in [1.82, 2.24) is 4.90 Å². The molecule has 3 unspecified atom stereocenters. The molecule has 0 bridgehead atoms. The highest BCUT2D eigenvalue weighted by molar-refractivity contribution is 4.95. The molecule has 0 spiro atoms. The van der Waals surface area contributed by atoms with Crippen LogP contribution in [0.4, 0.5) is 0 Å². The molecule has 3 atom stereocenters. The first kappa shape index (κ1) is 16.3. The zero-order valence-electron chi connectivity index (χ0n) is 13.9. The summed E-state index contributed by atoms with van der Waals surface area (Å²) < 4.78 is 0. The van der Waals surface area contributed by atoms with Gasteiger partial charge in [-0.3, -0.25) is 4.90 Å². The summed E-state index contributed by atoms with van der Waals surface area (Å²) in [4.78, 5) is 2.81. The first-order valence-corrected chi connectivity index (χ1v) is 9.15. The molecule has 1 saturated heterocycles. The molecule has 2 fully saturated rings. The van der Waals surface area contributed by atoms with E-state index in [2.05, 4.69) is 18.7 Å². The van der Waals surface area contributed by atoms with Crippen LogP contribution in [0.15, 0.2) is 0 Å². The summed E-state index contributed by atoms with van der Waals surface area (Å²) in [7, 11) is 0. The van der Waals surface area contributed by atoms with Gasteiger partial charge >= 0.3 is 0 Å². The maximum absolute atomic E-state index is 6.29. The topological polar surface area (TPSA) is 29.3 Å². The monoisotopic (exact) mass is 280 g/mol. The van der Waals surface area contributed by atoms with E-state index in [1.165, 1.54) is 77.3 Å². The average molecular weight is 280 g/mol. The summed E-state index contributed by atoms with van der Waals surface area (Å²) in [5.74, 6) is 1.88. The number of hydrogen-bond acceptors (Lipinski definition) is 2. The van der Waals surface area contributed by atoms with Crippen LogP contribution in [0.25, 0.3) is 0 Å². The fourth-order valence-corrected chi connectivity index (χ4v) is 4.55. The Labute approximate surface area is 126 Å². The largest absolute Gasteiger partial charge is 0.329 e. The van der Waals surface area contributed by atoms with Gasteiger partial charge in [0.05, 0.1) is 0 Å². The summed E-state index contributed by atoms with van der Waals surface area (Å²) in [5.41, 5.74) is 6.63. The lowest BCUT2D eigenvalue weighted by Crippen LogP contribution is -2.54. The SMILES string of the molecule is CCCC1CCCN(C2(CN)CCCC(C)CC2)CC1. The van der Waals surface area contributed by atoms with Crippen molar-refractivity contribution < 1.29 is 0 Å². The van der Waals surface area contributed by atoms with Crippen LogP contribution in [-0.2, 0) is 0 Å². The fraction of sp³-hybridized carbons (Fsp3) is 1.00. The van der Waals surface area contributed by atoms with E-state index in [0.29, 0.717) is 5.54 Å². The Balaban J connectivity index is 1.99. The third kappa shape index (κ3) is 3.98. The Bertz CT molecular complexity index is 279. The molecule has 0 radical (unpaired) electrons. The van der Waals surface area contributed by atoms with Crippen molar-refractivity contribution in [2.24, 2.45) is 17.6 Å². The molecular formula is C18H36N2. The molecule has 2 N–H and O–H groups in total. The lowest BCUT2D eigenvalue weighted by molar-refractivity contribution is 0.0794. The predicted molar refractivity (Wildman–Crippen MR) is 87.9 cm³/mol. The number of hydrogen-bond donors (Lipinski definition) is 1. The van der Waals surface area contributed by atoms with Crippen molar-refractivity contribution in [2.45, 2.75) is 83.6 Å². The first-order chi connectivity index (χ1) is 9.70. The predicted octanol–water partition coefficient (Wildman–Crippen LogP) is 4.19. The lowest BCUT2D eigenvalue weighted by atomic mass is 9.87. The number of nitrogens with two attached hydrogens (primary N) is 1. The summed E-state index contributed by atoms with van der Waals surface area (Å²) in [6.07, 6.45) is 13.9. The molecule has 118 valence electrons. The molecule has 2 aliphatic rings. The molecule has 2 heteroatoms. The molecular weight excluding hydrogens is 244 g/mol. The van der Waals surface area contributed by atoms with Crippen LogP contribution in [0.1, 0.15) is 78.1 Å². The number of nitrogens with zero attached hydrogens (tertiary/aromatic N) is 1. The molecule has 0 aromatic heterocycles. The highest BCUT2D eigenvalue weighted by Crippen LogP contribution is 2.36. The molecule has 0 aromatic rings. The summed E-state index contributed by atoms with van der Waals surface area (Å²) >= 11 is 0. The third-order valence-corrected chi connectivity index (χ3v) is 6.04. The standard InChI is InChI=1S/C18H36N2/c1-3-6-17-8-5-13-20(14-10-17)18(15-19)11-4-7-16(2)9-12-18/h16-17H,3-15,19H2,1-2H3. The van der Waals surface area contributed by atoms with Crippen molar-refractivity contribution in [3.8, 4) is 0 Å². The van der Waals surface area contributed by atoms with Crippen molar-refractivity contribution in [2.75, 3.05) is 19.6 Å². The Kier molecular flexibility index (Phi) is 6.35. The zero-order valence-corrected chi connectivity index (χ0v) is 13.9. The molecule has 20 heavy (non-hydrogen) atoms. The van der Waals surface area contributed by atoms with Gasteiger partial charge in [-0.15, -0.1) is 0 Å². The molecule has 2 rings (SSSR count). The molecule has 2 nitrogen and oxygen atoms in total. The van der Waals surface area contributed by atoms with E-state index in [9.17, 15) is 0 Å². The fourth-order valence-electron chi connectivity index (χ4n) is 4.55. The van der Waals surface area contributed by atoms with E-state index < -0.39 is 0 Å². The van der Waals surface area contributed by atoms with Gasteiger partial charge in [0.2, 0.25) is 0 Å². The number of likely N-dealkylation sites (tertiary alicyclic amines) is 1. The molecule has 1 saturated carbocycles. The van der Waals surface area contributed by atoms with Crippen LogP contribution in [-0.4, -0.2) is 30.1 Å². The normalized spacial score (nSPS) is 37.4. The Hall–Kier alpha value is -0.0800.